The first-order chi connectivity index (χ1) is 15.2. The van der Waals surface area contributed by atoms with Gasteiger partial charge in [-0.3, -0.25) is 4.79 Å². The Morgan fingerprint density at radius 1 is 1.10 bits per heavy atom. The molecule has 0 radical (unpaired) electrons. The fourth-order valence-electron chi connectivity index (χ4n) is 3.82. The van der Waals surface area contributed by atoms with Crippen molar-refractivity contribution in [2.24, 2.45) is 0 Å². The third kappa shape index (κ3) is 5.69. The summed E-state index contributed by atoms with van der Waals surface area (Å²) in [5.41, 5.74) is 1.16. The average Bonchev–Trinajstić information content (AvgIpc) is 3.28. The number of halogens is 1. The minimum atomic E-state index is -0.300. The number of hydrogen-bond donors (Lipinski definition) is 0. The molecule has 31 heavy (non-hydrogen) atoms. The van der Waals surface area contributed by atoms with Crippen LogP contribution < -0.4 is 4.74 Å². The van der Waals surface area contributed by atoms with E-state index in [-0.39, 0.29) is 17.8 Å². The van der Waals surface area contributed by atoms with E-state index in [4.69, 9.17) is 9.26 Å². The summed E-state index contributed by atoms with van der Waals surface area (Å²) < 4.78 is 24.1. The molecule has 1 aromatic heterocycles. The molecule has 1 unspecified atom stereocenters. The van der Waals surface area contributed by atoms with Crippen LogP contribution in [-0.4, -0.2) is 34.1 Å². The fraction of sp³-hybridized carbons (Fsp3) is 0.375. The number of carbonyl (C=O) groups is 1. The highest BCUT2D eigenvalue weighted by Gasteiger charge is 2.31. The standard InChI is InChI=1S/C24H26FN3O3/c25-19-10-12-20(13-11-19)30-17-15-22-26-24(31-27-22)21-8-4-5-16-28(21)23(29)14-9-18-6-2-1-3-7-18/h1-3,6-7,10-13,21H,4-5,8-9,14-17H2. The molecule has 1 atom stereocenters. The molecule has 1 aliphatic rings. The molecule has 1 aliphatic heterocycles. The van der Waals surface area contributed by atoms with E-state index in [0.29, 0.717) is 43.5 Å². The summed E-state index contributed by atoms with van der Waals surface area (Å²) in [7, 11) is 0. The lowest BCUT2D eigenvalue weighted by Gasteiger charge is -2.33. The molecule has 3 aromatic rings. The van der Waals surface area contributed by atoms with Crippen molar-refractivity contribution in [3.63, 3.8) is 0 Å². The van der Waals surface area contributed by atoms with Crippen LogP contribution in [0.25, 0.3) is 0 Å². The molecule has 162 valence electrons. The maximum atomic E-state index is 13.0. The van der Waals surface area contributed by atoms with Gasteiger partial charge in [0, 0.05) is 19.4 Å². The van der Waals surface area contributed by atoms with Gasteiger partial charge in [-0.05, 0) is 55.5 Å². The summed E-state index contributed by atoms with van der Waals surface area (Å²) in [6.07, 6.45) is 4.49. The number of amides is 1. The van der Waals surface area contributed by atoms with Crippen LogP contribution >= 0.6 is 0 Å². The smallest absolute Gasteiger partial charge is 0.249 e. The summed E-state index contributed by atoms with van der Waals surface area (Å²) in [4.78, 5) is 19.3. The van der Waals surface area contributed by atoms with Crippen LogP contribution in [0.15, 0.2) is 59.1 Å². The van der Waals surface area contributed by atoms with Gasteiger partial charge in [0.05, 0.1) is 6.61 Å². The Kier molecular flexibility index (Phi) is 6.92. The monoisotopic (exact) mass is 423 g/mol. The molecule has 4 rings (SSSR count). The van der Waals surface area contributed by atoms with Crippen molar-refractivity contribution < 1.29 is 18.4 Å². The molecule has 1 saturated heterocycles. The second-order valence-corrected chi connectivity index (χ2v) is 7.69. The van der Waals surface area contributed by atoms with Crippen LogP contribution in [0.3, 0.4) is 0 Å². The Labute approximate surface area is 181 Å². The van der Waals surface area contributed by atoms with Gasteiger partial charge < -0.3 is 14.2 Å². The summed E-state index contributed by atoms with van der Waals surface area (Å²) in [6, 6.07) is 15.7. The van der Waals surface area contributed by atoms with Crippen LogP contribution in [0, 0.1) is 5.82 Å². The quantitative estimate of drug-likeness (QED) is 0.533. The molecule has 1 fully saturated rings. The minimum absolute atomic E-state index is 0.118. The predicted octanol–water partition coefficient (Wildman–Crippen LogP) is 4.52. The summed E-state index contributed by atoms with van der Waals surface area (Å²) in [6.45, 7) is 1.07. The molecule has 0 aliphatic carbocycles. The van der Waals surface area contributed by atoms with Gasteiger partial charge in [0.1, 0.15) is 17.6 Å². The van der Waals surface area contributed by atoms with Gasteiger partial charge in [-0.1, -0.05) is 35.5 Å². The van der Waals surface area contributed by atoms with Crippen LogP contribution in [0.5, 0.6) is 5.75 Å². The second-order valence-electron chi connectivity index (χ2n) is 7.69. The number of hydrogen-bond acceptors (Lipinski definition) is 5. The Balaban J connectivity index is 1.33. The number of carbonyl (C=O) groups excluding carboxylic acids is 1. The Bertz CT molecular complexity index is 975. The van der Waals surface area contributed by atoms with E-state index in [9.17, 15) is 9.18 Å². The van der Waals surface area contributed by atoms with E-state index in [0.717, 1.165) is 31.2 Å². The van der Waals surface area contributed by atoms with Crippen LogP contribution in [-0.2, 0) is 17.6 Å². The van der Waals surface area contributed by atoms with Crippen molar-refractivity contribution in [1.82, 2.24) is 15.0 Å². The van der Waals surface area contributed by atoms with Crippen molar-refractivity contribution in [3.8, 4) is 5.75 Å². The number of piperidine rings is 1. The van der Waals surface area contributed by atoms with Gasteiger partial charge >= 0.3 is 0 Å². The lowest BCUT2D eigenvalue weighted by Crippen LogP contribution is -2.38. The zero-order valence-corrected chi connectivity index (χ0v) is 17.4. The van der Waals surface area contributed by atoms with Gasteiger partial charge in [0.15, 0.2) is 5.82 Å². The van der Waals surface area contributed by atoms with Gasteiger partial charge in [-0.25, -0.2) is 4.39 Å². The normalized spacial score (nSPS) is 16.3. The van der Waals surface area contributed by atoms with E-state index >= 15 is 0 Å². The van der Waals surface area contributed by atoms with E-state index in [1.54, 1.807) is 12.1 Å². The molecule has 2 aromatic carbocycles. The maximum Gasteiger partial charge on any atom is 0.249 e. The van der Waals surface area contributed by atoms with Crippen molar-refractivity contribution in [2.75, 3.05) is 13.2 Å². The zero-order chi connectivity index (χ0) is 21.5. The Hall–Kier alpha value is -3.22. The number of likely N-dealkylation sites (tertiary alicyclic amines) is 1. The highest BCUT2D eigenvalue weighted by atomic mass is 19.1. The van der Waals surface area contributed by atoms with Crippen LogP contribution in [0.2, 0.25) is 0 Å². The van der Waals surface area contributed by atoms with E-state index in [1.807, 2.05) is 35.2 Å². The molecule has 1 amide bonds. The van der Waals surface area contributed by atoms with Crippen LogP contribution in [0.4, 0.5) is 4.39 Å². The van der Waals surface area contributed by atoms with Crippen molar-refractivity contribution in [3.05, 3.63) is 77.7 Å². The number of rotatable bonds is 8. The van der Waals surface area contributed by atoms with E-state index < -0.39 is 0 Å². The van der Waals surface area contributed by atoms with Crippen LogP contribution in [0.1, 0.15) is 49.0 Å². The molecule has 0 spiro atoms. The first-order valence-electron chi connectivity index (χ1n) is 10.7. The molecule has 2 heterocycles. The molecule has 0 saturated carbocycles. The molecular weight excluding hydrogens is 397 g/mol. The lowest BCUT2D eigenvalue weighted by molar-refractivity contribution is -0.135. The van der Waals surface area contributed by atoms with Gasteiger partial charge in [0.25, 0.3) is 0 Å². The Morgan fingerprint density at radius 3 is 2.71 bits per heavy atom. The second kappa shape index (κ2) is 10.2. The topological polar surface area (TPSA) is 68.5 Å². The summed E-state index contributed by atoms with van der Waals surface area (Å²) in [5.74, 6) is 1.44. The van der Waals surface area contributed by atoms with E-state index in [2.05, 4.69) is 10.1 Å². The molecular formula is C24H26FN3O3. The first kappa shape index (κ1) is 21.0. The van der Waals surface area contributed by atoms with Gasteiger partial charge in [-0.2, -0.15) is 4.98 Å². The van der Waals surface area contributed by atoms with Gasteiger partial charge in [-0.15, -0.1) is 0 Å². The average molecular weight is 423 g/mol. The van der Waals surface area contributed by atoms with Crippen molar-refractivity contribution in [2.45, 2.75) is 44.6 Å². The Morgan fingerprint density at radius 2 is 1.90 bits per heavy atom. The third-order valence-electron chi connectivity index (χ3n) is 5.47. The fourth-order valence-corrected chi connectivity index (χ4v) is 3.82. The molecule has 7 heteroatoms. The third-order valence-corrected chi connectivity index (χ3v) is 5.47. The SMILES string of the molecule is O=C(CCc1ccccc1)N1CCCCC1c1nc(CCOc2ccc(F)cc2)no1. The number of benzene rings is 2. The minimum Gasteiger partial charge on any atom is -0.493 e. The molecule has 0 bridgehead atoms. The first-order valence-corrected chi connectivity index (χ1v) is 10.7. The number of aromatic nitrogens is 2. The highest BCUT2D eigenvalue weighted by Crippen LogP contribution is 2.30. The largest absolute Gasteiger partial charge is 0.493 e. The molecule has 0 N–H and O–H groups in total. The summed E-state index contributed by atoms with van der Waals surface area (Å²) >= 11 is 0. The predicted molar refractivity (Wildman–Crippen MR) is 113 cm³/mol. The lowest BCUT2D eigenvalue weighted by atomic mass is 10.0. The molecule has 6 nitrogen and oxygen atoms in total. The summed E-state index contributed by atoms with van der Waals surface area (Å²) in [5, 5.41) is 4.06. The number of nitrogens with zero attached hydrogens (tertiary/aromatic N) is 3. The van der Waals surface area contributed by atoms with Crippen molar-refractivity contribution >= 4 is 5.91 Å². The highest BCUT2D eigenvalue weighted by molar-refractivity contribution is 5.77. The zero-order valence-electron chi connectivity index (χ0n) is 17.4. The van der Waals surface area contributed by atoms with E-state index in [1.165, 1.54) is 12.1 Å². The van der Waals surface area contributed by atoms with Gasteiger partial charge in [0.2, 0.25) is 11.8 Å². The number of ether oxygens (including phenoxy) is 1. The maximum absolute atomic E-state index is 13.0. The van der Waals surface area contributed by atoms with Crippen molar-refractivity contribution in [1.29, 1.82) is 0 Å². The number of aryl methyl sites for hydroxylation is 1.